The number of pyridine rings is 1. The van der Waals surface area contributed by atoms with E-state index < -0.39 is 0 Å². The first-order chi connectivity index (χ1) is 10.3. The summed E-state index contributed by atoms with van der Waals surface area (Å²) in [7, 11) is 0. The summed E-state index contributed by atoms with van der Waals surface area (Å²) in [5, 5.41) is 4.75. The van der Waals surface area contributed by atoms with E-state index in [2.05, 4.69) is 20.9 Å². The van der Waals surface area contributed by atoms with Gasteiger partial charge in [0.1, 0.15) is 5.82 Å². The van der Waals surface area contributed by atoms with Crippen molar-refractivity contribution < 1.29 is 0 Å². The summed E-state index contributed by atoms with van der Waals surface area (Å²) in [6.07, 6.45) is 6.08. The molecule has 5 heteroatoms. The van der Waals surface area contributed by atoms with Gasteiger partial charge in [0.05, 0.1) is 5.69 Å². The van der Waals surface area contributed by atoms with Gasteiger partial charge < -0.3 is 4.90 Å². The molecule has 0 radical (unpaired) electrons. The molecular weight excluding hydrogens is 262 g/mol. The molecule has 1 aliphatic rings. The van der Waals surface area contributed by atoms with Gasteiger partial charge in [-0.3, -0.25) is 4.98 Å². The normalized spacial score (nSPS) is 15.0. The Hall–Kier alpha value is -2.43. The molecule has 0 spiro atoms. The van der Waals surface area contributed by atoms with Crippen LogP contribution in [0, 0.1) is 6.92 Å². The standard InChI is InChI=1S/C16H17N5/c1-12-10-16(20-8-2-3-9-20)21-15(18-12)11-14(19-21)13-4-6-17-7-5-13/h4-7,10-11H,2-3,8-9H2,1H3. The summed E-state index contributed by atoms with van der Waals surface area (Å²) in [5.74, 6) is 1.15. The quantitative estimate of drug-likeness (QED) is 0.723. The van der Waals surface area contributed by atoms with E-state index in [4.69, 9.17) is 5.10 Å². The number of rotatable bonds is 2. The van der Waals surface area contributed by atoms with E-state index >= 15 is 0 Å². The smallest absolute Gasteiger partial charge is 0.158 e. The molecule has 4 rings (SSSR count). The number of anilines is 1. The number of nitrogens with zero attached hydrogens (tertiary/aromatic N) is 5. The molecule has 3 aromatic rings. The highest BCUT2D eigenvalue weighted by Gasteiger charge is 2.17. The number of aryl methyl sites for hydroxylation is 1. The maximum atomic E-state index is 4.75. The number of hydrogen-bond acceptors (Lipinski definition) is 4. The molecule has 0 unspecified atom stereocenters. The molecule has 1 aliphatic heterocycles. The van der Waals surface area contributed by atoms with Crippen LogP contribution in [0.1, 0.15) is 18.5 Å². The lowest BCUT2D eigenvalue weighted by molar-refractivity contribution is 0.847. The van der Waals surface area contributed by atoms with Crippen LogP contribution in [0.5, 0.6) is 0 Å². The third kappa shape index (κ3) is 2.14. The molecule has 3 aromatic heterocycles. The van der Waals surface area contributed by atoms with Crippen LogP contribution in [0.4, 0.5) is 5.82 Å². The van der Waals surface area contributed by atoms with Gasteiger partial charge in [0.2, 0.25) is 0 Å². The molecule has 1 fully saturated rings. The van der Waals surface area contributed by atoms with Gasteiger partial charge >= 0.3 is 0 Å². The van der Waals surface area contributed by atoms with Gasteiger partial charge in [0.15, 0.2) is 5.65 Å². The van der Waals surface area contributed by atoms with Gasteiger partial charge in [-0.1, -0.05) is 0 Å². The lowest BCUT2D eigenvalue weighted by atomic mass is 10.2. The van der Waals surface area contributed by atoms with E-state index in [0.717, 1.165) is 41.5 Å². The SMILES string of the molecule is Cc1cc(N2CCCC2)n2nc(-c3ccncc3)cc2n1. The predicted octanol–water partition coefficient (Wildman–Crippen LogP) is 2.70. The molecule has 0 N–H and O–H groups in total. The van der Waals surface area contributed by atoms with E-state index in [1.165, 1.54) is 12.8 Å². The predicted molar refractivity (Wildman–Crippen MR) is 82.4 cm³/mol. The van der Waals surface area contributed by atoms with Crippen molar-refractivity contribution in [3.05, 3.63) is 42.4 Å². The monoisotopic (exact) mass is 279 g/mol. The van der Waals surface area contributed by atoms with Crippen LogP contribution < -0.4 is 4.90 Å². The van der Waals surface area contributed by atoms with Gasteiger partial charge in [-0.05, 0) is 31.9 Å². The number of fused-ring (bicyclic) bond motifs is 1. The highest BCUT2D eigenvalue weighted by Crippen LogP contribution is 2.25. The van der Waals surface area contributed by atoms with Crippen molar-refractivity contribution in [2.24, 2.45) is 0 Å². The molecule has 4 heterocycles. The van der Waals surface area contributed by atoms with Gasteiger partial charge in [0.25, 0.3) is 0 Å². The molecule has 0 amide bonds. The Balaban J connectivity index is 1.88. The van der Waals surface area contributed by atoms with Crippen LogP contribution in [0.15, 0.2) is 36.7 Å². The molecule has 0 saturated carbocycles. The Morgan fingerprint density at radius 1 is 1.05 bits per heavy atom. The van der Waals surface area contributed by atoms with E-state index in [1.54, 1.807) is 12.4 Å². The Kier molecular flexibility index (Phi) is 2.84. The minimum atomic E-state index is 0.906. The van der Waals surface area contributed by atoms with Crippen LogP contribution in [0.3, 0.4) is 0 Å². The second-order valence-corrected chi connectivity index (χ2v) is 5.49. The fourth-order valence-electron chi connectivity index (χ4n) is 2.92. The Morgan fingerprint density at radius 2 is 1.81 bits per heavy atom. The summed E-state index contributed by atoms with van der Waals surface area (Å²) in [6, 6.07) is 8.12. The fourth-order valence-corrected chi connectivity index (χ4v) is 2.92. The van der Waals surface area contributed by atoms with Crippen molar-refractivity contribution in [2.75, 3.05) is 18.0 Å². The summed E-state index contributed by atoms with van der Waals surface area (Å²) in [5.41, 5.74) is 3.95. The van der Waals surface area contributed by atoms with E-state index in [9.17, 15) is 0 Å². The maximum Gasteiger partial charge on any atom is 0.158 e. The fraction of sp³-hybridized carbons (Fsp3) is 0.312. The summed E-state index contributed by atoms with van der Waals surface area (Å²) < 4.78 is 1.97. The van der Waals surface area contributed by atoms with E-state index in [1.807, 2.05) is 29.6 Å². The first-order valence-corrected chi connectivity index (χ1v) is 7.34. The third-order valence-corrected chi connectivity index (χ3v) is 3.94. The summed E-state index contributed by atoms with van der Waals surface area (Å²) >= 11 is 0. The van der Waals surface area contributed by atoms with Crippen LogP contribution in [0.2, 0.25) is 0 Å². The van der Waals surface area contributed by atoms with Crippen LogP contribution >= 0.6 is 0 Å². The Bertz CT molecular complexity index is 772. The Morgan fingerprint density at radius 3 is 2.57 bits per heavy atom. The molecular formula is C16H17N5. The van der Waals surface area contributed by atoms with Crippen LogP contribution in [0.25, 0.3) is 16.9 Å². The zero-order valence-electron chi connectivity index (χ0n) is 12.0. The first-order valence-electron chi connectivity index (χ1n) is 7.34. The zero-order chi connectivity index (χ0) is 14.2. The summed E-state index contributed by atoms with van der Waals surface area (Å²) in [4.78, 5) is 11.1. The molecule has 5 nitrogen and oxygen atoms in total. The molecule has 106 valence electrons. The van der Waals surface area contributed by atoms with Crippen LogP contribution in [-0.4, -0.2) is 32.7 Å². The minimum Gasteiger partial charge on any atom is -0.356 e. The number of hydrogen-bond donors (Lipinski definition) is 0. The van der Waals surface area contributed by atoms with Gasteiger partial charge in [-0.15, -0.1) is 0 Å². The van der Waals surface area contributed by atoms with E-state index in [0.29, 0.717) is 0 Å². The van der Waals surface area contributed by atoms with Crippen molar-refractivity contribution >= 4 is 11.5 Å². The van der Waals surface area contributed by atoms with E-state index in [-0.39, 0.29) is 0 Å². The average Bonchev–Trinajstić information content (AvgIpc) is 3.16. The highest BCUT2D eigenvalue weighted by atomic mass is 15.4. The molecule has 1 saturated heterocycles. The molecule has 0 bridgehead atoms. The lowest BCUT2D eigenvalue weighted by Crippen LogP contribution is -2.21. The topological polar surface area (TPSA) is 46.3 Å². The first kappa shape index (κ1) is 12.3. The van der Waals surface area contributed by atoms with Crippen molar-refractivity contribution in [2.45, 2.75) is 19.8 Å². The second kappa shape index (κ2) is 4.84. The molecule has 21 heavy (non-hydrogen) atoms. The average molecular weight is 279 g/mol. The van der Waals surface area contributed by atoms with Crippen molar-refractivity contribution in [3.8, 4) is 11.3 Å². The van der Waals surface area contributed by atoms with Crippen molar-refractivity contribution in [1.29, 1.82) is 0 Å². The van der Waals surface area contributed by atoms with Gasteiger partial charge in [0, 0.05) is 48.9 Å². The molecule has 0 aromatic carbocycles. The second-order valence-electron chi connectivity index (χ2n) is 5.49. The van der Waals surface area contributed by atoms with Gasteiger partial charge in [-0.2, -0.15) is 9.61 Å². The lowest BCUT2D eigenvalue weighted by Gasteiger charge is -2.18. The molecule has 0 aliphatic carbocycles. The largest absolute Gasteiger partial charge is 0.356 e. The van der Waals surface area contributed by atoms with Crippen LogP contribution in [-0.2, 0) is 0 Å². The van der Waals surface area contributed by atoms with Crippen molar-refractivity contribution in [3.63, 3.8) is 0 Å². The highest BCUT2D eigenvalue weighted by molar-refractivity contribution is 5.65. The summed E-state index contributed by atoms with van der Waals surface area (Å²) in [6.45, 7) is 4.24. The Labute approximate surface area is 123 Å². The zero-order valence-corrected chi connectivity index (χ0v) is 12.0. The van der Waals surface area contributed by atoms with Crippen molar-refractivity contribution in [1.82, 2.24) is 19.6 Å². The molecule has 0 atom stereocenters. The van der Waals surface area contributed by atoms with Gasteiger partial charge in [-0.25, -0.2) is 4.98 Å². The third-order valence-electron chi connectivity index (χ3n) is 3.94. The maximum absolute atomic E-state index is 4.75. The minimum absolute atomic E-state index is 0.906. The number of aromatic nitrogens is 4.